The van der Waals surface area contributed by atoms with Crippen molar-refractivity contribution in [1.82, 2.24) is 10.2 Å². The lowest BCUT2D eigenvalue weighted by Crippen LogP contribution is -2.53. The Hall–Kier alpha value is -2.32. The summed E-state index contributed by atoms with van der Waals surface area (Å²) in [6, 6.07) is 6.39. The number of morpholine rings is 1. The van der Waals surface area contributed by atoms with E-state index in [1.165, 1.54) is 0 Å². The molecule has 0 saturated carbocycles. The third-order valence-corrected chi connectivity index (χ3v) is 4.41. The van der Waals surface area contributed by atoms with Gasteiger partial charge in [0.2, 0.25) is 6.23 Å². The maximum absolute atomic E-state index is 11.5. The van der Waals surface area contributed by atoms with E-state index < -0.39 is 24.2 Å². The van der Waals surface area contributed by atoms with Crippen molar-refractivity contribution in [2.45, 2.75) is 38.3 Å². The minimum atomic E-state index is -1.65. The number of halogens is 1. The number of carboxylic acid groups (broad SMARTS) is 1. The molecule has 26 heavy (non-hydrogen) atoms. The fourth-order valence-electron chi connectivity index (χ4n) is 3.14. The predicted octanol–water partition coefficient (Wildman–Crippen LogP) is 1.40. The van der Waals surface area contributed by atoms with Gasteiger partial charge < -0.3 is 24.8 Å². The highest BCUT2D eigenvalue weighted by atomic mass is 35.5. The Labute approximate surface area is 155 Å². The number of guanidine groups is 1. The van der Waals surface area contributed by atoms with Gasteiger partial charge in [-0.3, -0.25) is 0 Å². The second-order valence-corrected chi connectivity index (χ2v) is 6.82. The quantitative estimate of drug-likeness (QED) is 0.590. The molecule has 0 aliphatic carbocycles. The average molecular weight is 382 g/mol. The standard InChI is InChI=1S/C17H20ClN3O5/c1-9-7-21(8-10(2)25-9)17-19-13(11-3-5-12(18)6-4-11)14(20-17)26-16(24)15(22)23/h3-6,9-10,13-14H,7-8H2,1-2H3,(H,19,20)(H,22,23). The fourth-order valence-corrected chi connectivity index (χ4v) is 3.26. The number of aliphatic imine (C=N–C) groups is 1. The lowest BCUT2D eigenvalue weighted by molar-refractivity contribution is -0.168. The van der Waals surface area contributed by atoms with E-state index in [1.807, 2.05) is 18.7 Å². The first kappa shape index (κ1) is 18.5. The number of carbonyl (C=O) groups is 2. The normalized spacial score (nSPS) is 28.3. The van der Waals surface area contributed by atoms with Gasteiger partial charge in [0.25, 0.3) is 0 Å². The van der Waals surface area contributed by atoms with Gasteiger partial charge in [-0.05, 0) is 31.5 Å². The largest absolute Gasteiger partial charge is 0.473 e. The molecule has 2 aliphatic rings. The molecule has 140 valence electrons. The highest BCUT2D eigenvalue weighted by Crippen LogP contribution is 2.29. The van der Waals surface area contributed by atoms with Gasteiger partial charge >= 0.3 is 11.9 Å². The minimum absolute atomic E-state index is 0.0258. The van der Waals surface area contributed by atoms with Crippen LogP contribution in [0.15, 0.2) is 29.3 Å². The van der Waals surface area contributed by atoms with E-state index in [2.05, 4.69) is 10.3 Å². The van der Waals surface area contributed by atoms with Crippen LogP contribution < -0.4 is 5.32 Å². The number of hydrogen-bond donors (Lipinski definition) is 2. The number of carbonyl (C=O) groups excluding carboxylic acids is 1. The van der Waals surface area contributed by atoms with Gasteiger partial charge in [0, 0.05) is 18.1 Å². The van der Waals surface area contributed by atoms with E-state index in [0.29, 0.717) is 24.1 Å². The van der Waals surface area contributed by atoms with E-state index in [-0.39, 0.29) is 12.2 Å². The first-order chi connectivity index (χ1) is 12.3. The second kappa shape index (κ2) is 7.51. The molecule has 4 atom stereocenters. The molecule has 1 aromatic rings. The number of ether oxygens (including phenoxy) is 2. The number of benzene rings is 1. The van der Waals surface area contributed by atoms with Crippen LogP contribution in [0.1, 0.15) is 25.5 Å². The van der Waals surface area contributed by atoms with Gasteiger partial charge in [-0.25, -0.2) is 14.6 Å². The van der Waals surface area contributed by atoms with Crippen LogP contribution in [-0.2, 0) is 19.1 Å². The minimum Gasteiger partial charge on any atom is -0.473 e. The number of esters is 1. The highest BCUT2D eigenvalue weighted by Gasteiger charge is 2.38. The first-order valence-electron chi connectivity index (χ1n) is 8.27. The van der Waals surface area contributed by atoms with Gasteiger partial charge in [-0.15, -0.1) is 0 Å². The van der Waals surface area contributed by atoms with E-state index in [4.69, 9.17) is 26.2 Å². The van der Waals surface area contributed by atoms with Crippen LogP contribution >= 0.6 is 11.6 Å². The van der Waals surface area contributed by atoms with Crippen molar-refractivity contribution in [3.8, 4) is 0 Å². The van der Waals surface area contributed by atoms with Crippen LogP contribution in [0.25, 0.3) is 0 Å². The molecule has 4 unspecified atom stereocenters. The van der Waals surface area contributed by atoms with Crippen LogP contribution in [0, 0.1) is 0 Å². The Balaban J connectivity index is 1.84. The molecular weight excluding hydrogens is 362 g/mol. The maximum Gasteiger partial charge on any atom is 0.419 e. The summed E-state index contributed by atoms with van der Waals surface area (Å²) in [5, 5.41) is 12.4. The Morgan fingerprint density at radius 3 is 2.46 bits per heavy atom. The third kappa shape index (κ3) is 4.08. The summed E-state index contributed by atoms with van der Waals surface area (Å²) in [7, 11) is 0. The molecule has 0 radical (unpaired) electrons. The van der Waals surface area contributed by atoms with Crippen LogP contribution in [0.2, 0.25) is 5.02 Å². The summed E-state index contributed by atoms with van der Waals surface area (Å²) < 4.78 is 10.8. The second-order valence-electron chi connectivity index (χ2n) is 6.39. The van der Waals surface area contributed by atoms with Crippen LogP contribution in [0.5, 0.6) is 0 Å². The number of nitrogens with one attached hydrogen (secondary N) is 1. The number of carboxylic acids is 1. The molecule has 1 aromatic carbocycles. The van der Waals surface area contributed by atoms with Gasteiger partial charge in [0.1, 0.15) is 6.04 Å². The summed E-state index contributed by atoms with van der Waals surface area (Å²) in [5.74, 6) is -2.43. The van der Waals surface area contributed by atoms with E-state index in [1.54, 1.807) is 24.3 Å². The van der Waals surface area contributed by atoms with Crippen LogP contribution in [-0.4, -0.2) is 59.4 Å². The third-order valence-electron chi connectivity index (χ3n) is 4.16. The van der Waals surface area contributed by atoms with E-state index >= 15 is 0 Å². The summed E-state index contributed by atoms with van der Waals surface area (Å²) in [6.45, 7) is 5.19. The van der Waals surface area contributed by atoms with Gasteiger partial charge in [-0.1, -0.05) is 23.7 Å². The molecule has 0 amide bonds. The molecule has 8 nitrogen and oxygen atoms in total. The molecule has 3 rings (SSSR count). The summed E-state index contributed by atoms with van der Waals surface area (Å²) in [5.41, 5.74) is 0.759. The lowest BCUT2D eigenvalue weighted by Gasteiger charge is -2.36. The van der Waals surface area contributed by atoms with Crippen LogP contribution in [0.4, 0.5) is 0 Å². The predicted molar refractivity (Wildman–Crippen MR) is 93.9 cm³/mol. The van der Waals surface area contributed by atoms with Crippen molar-refractivity contribution in [2.75, 3.05) is 13.1 Å². The molecule has 9 heteroatoms. The lowest BCUT2D eigenvalue weighted by atomic mass is 10.1. The Morgan fingerprint density at radius 1 is 1.27 bits per heavy atom. The summed E-state index contributed by atoms with van der Waals surface area (Å²) in [6.07, 6.45) is -0.862. The van der Waals surface area contributed by atoms with Crippen molar-refractivity contribution in [3.63, 3.8) is 0 Å². The molecule has 2 N–H and O–H groups in total. The zero-order chi connectivity index (χ0) is 18.8. The van der Waals surface area contributed by atoms with Gasteiger partial charge in [-0.2, -0.15) is 0 Å². The molecule has 0 spiro atoms. The number of rotatable bonds is 2. The van der Waals surface area contributed by atoms with E-state index in [9.17, 15) is 9.59 Å². The Kier molecular flexibility index (Phi) is 5.33. The molecule has 1 saturated heterocycles. The van der Waals surface area contributed by atoms with Crippen molar-refractivity contribution < 1.29 is 24.2 Å². The molecule has 2 aliphatic heterocycles. The maximum atomic E-state index is 11.5. The smallest absolute Gasteiger partial charge is 0.419 e. The SMILES string of the molecule is CC1CN(C2=NC(c3ccc(Cl)cc3)C(OC(=O)C(=O)O)N2)CC(C)O1. The molecule has 0 aromatic heterocycles. The Morgan fingerprint density at radius 2 is 1.88 bits per heavy atom. The summed E-state index contributed by atoms with van der Waals surface area (Å²) >= 11 is 5.93. The summed E-state index contributed by atoms with van der Waals surface area (Å²) in [4.78, 5) is 29.1. The number of aliphatic carboxylic acids is 1. The molecular formula is C17H20ClN3O5. The zero-order valence-electron chi connectivity index (χ0n) is 14.4. The van der Waals surface area contributed by atoms with Crippen molar-refractivity contribution in [2.24, 2.45) is 4.99 Å². The van der Waals surface area contributed by atoms with Gasteiger partial charge in [0.15, 0.2) is 5.96 Å². The average Bonchev–Trinajstić information content (AvgIpc) is 2.98. The number of nitrogens with zero attached hydrogens (tertiary/aromatic N) is 2. The van der Waals surface area contributed by atoms with Crippen molar-refractivity contribution in [3.05, 3.63) is 34.9 Å². The number of hydrogen-bond acceptors (Lipinski definition) is 7. The fraction of sp³-hybridized carbons (Fsp3) is 0.471. The Bertz CT molecular complexity index is 714. The zero-order valence-corrected chi connectivity index (χ0v) is 15.1. The van der Waals surface area contributed by atoms with E-state index in [0.717, 1.165) is 5.56 Å². The van der Waals surface area contributed by atoms with Crippen molar-refractivity contribution >= 4 is 29.5 Å². The van der Waals surface area contributed by atoms with Gasteiger partial charge in [0.05, 0.1) is 12.2 Å². The topological polar surface area (TPSA) is 100 Å². The van der Waals surface area contributed by atoms with Crippen molar-refractivity contribution in [1.29, 1.82) is 0 Å². The molecule has 2 heterocycles. The van der Waals surface area contributed by atoms with Crippen LogP contribution in [0.3, 0.4) is 0 Å². The molecule has 1 fully saturated rings. The highest BCUT2D eigenvalue weighted by molar-refractivity contribution is 6.30. The molecule has 0 bridgehead atoms. The first-order valence-corrected chi connectivity index (χ1v) is 8.65. The monoisotopic (exact) mass is 381 g/mol.